The van der Waals surface area contributed by atoms with Crippen molar-refractivity contribution in [3.05, 3.63) is 11.6 Å². The molecular formula is C42H71N4O10+. The highest BCUT2D eigenvalue weighted by Gasteiger charge is 2.66. The summed E-state index contributed by atoms with van der Waals surface area (Å²) in [5, 5.41) is 61.2. The number of aliphatic hydroxyl groups excluding tert-OH is 5. The van der Waals surface area contributed by atoms with Crippen LogP contribution in [0.15, 0.2) is 11.6 Å². The van der Waals surface area contributed by atoms with Crippen molar-refractivity contribution < 1.29 is 54.6 Å². The van der Waals surface area contributed by atoms with Gasteiger partial charge in [0.2, 0.25) is 0 Å². The van der Waals surface area contributed by atoms with E-state index in [1.807, 2.05) is 6.92 Å². The number of ketones is 1. The van der Waals surface area contributed by atoms with Crippen molar-refractivity contribution in [1.29, 1.82) is 0 Å². The summed E-state index contributed by atoms with van der Waals surface area (Å²) in [4.78, 5) is 28.0. The summed E-state index contributed by atoms with van der Waals surface area (Å²) in [7, 11) is 0. The Labute approximate surface area is 331 Å². The molecule has 0 radical (unpaired) electrons. The van der Waals surface area contributed by atoms with Gasteiger partial charge in [0.25, 0.3) is 0 Å². The third-order valence-corrected chi connectivity index (χ3v) is 16.0. The zero-order chi connectivity index (χ0) is 39.9. The number of piperidine rings is 2. The van der Waals surface area contributed by atoms with Crippen LogP contribution < -0.4 is 22.1 Å². The molecule has 7 fully saturated rings. The van der Waals surface area contributed by atoms with E-state index < -0.39 is 72.6 Å². The van der Waals surface area contributed by atoms with Gasteiger partial charge in [-0.1, -0.05) is 12.5 Å². The number of fused-ring (bicyclic) bond motifs is 4. The summed E-state index contributed by atoms with van der Waals surface area (Å²) in [6.45, 7) is 4.36. The Kier molecular flexibility index (Phi) is 13.7. The lowest BCUT2D eigenvalue weighted by Gasteiger charge is -2.63. The van der Waals surface area contributed by atoms with Crippen molar-refractivity contribution in [3.63, 3.8) is 0 Å². The van der Waals surface area contributed by atoms with Crippen LogP contribution in [0, 0.1) is 59.2 Å². The molecule has 56 heavy (non-hydrogen) atoms. The van der Waals surface area contributed by atoms with Gasteiger partial charge in [0.15, 0.2) is 0 Å². The highest BCUT2D eigenvalue weighted by atomic mass is 16.6. The third-order valence-electron chi connectivity index (χ3n) is 16.0. The first kappa shape index (κ1) is 42.6. The van der Waals surface area contributed by atoms with E-state index in [1.54, 1.807) is 13.0 Å². The number of quaternary nitrogens is 1. The van der Waals surface area contributed by atoms with Gasteiger partial charge in [-0.05, 0) is 114 Å². The lowest BCUT2D eigenvalue weighted by molar-refractivity contribution is -0.703. The van der Waals surface area contributed by atoms with Gasteiger partial charge in [0, 0.05) is 37.2 Å². The van der Waals surface area contributed by atoms with E-state index in [0.717, 1.165) is 64.3 Å². The molecule has 5 aliphatic heterocycles. The maximum absolute atomic E-state index is 14.2. The van der Waals surface area contributed by atoms with Gasteiger partial charge in [0.1, 0.15) is 23.7 Å². The zero-order valence-electron chi connectivity index (χ0n) is 33.5. The minimum atomic E-state index is -1.16. The Balaban J connectivity index is 1.39. The fourth-order valence-electron chi connectivity index (χ4n) is 13.0. The molecule has 0 aromatic heterocycles. The van der Waals surface area contributed by atoms with Gasteiger partial charge in [-0.2, -0.15) is 0 Å². The lowest BCUT2D eigenvalue weighted by Crippen LogP contribution is -2.95. The normalized spacial score (nSPS) is 47.9. The van der Waals surface area contributed by atoms with Gasteiger partial charge in [0.05, 0.1) is 67.9 Å². The van der Waals surface area contributed by atoms with Gasteiger partial charge in [-0.15, -0.1) is 0 Å². The second kappa shape index (κ2) is 18.0. The summed E-state index contributed by atoms with van der Waals surface area (Å²) in [6.07, 6.45) is 4.90. The molecule has 5 saturated heterocycles. The number of carbonyl (C=O) groups excluding carboxylic acids is 2. The molecule has 0 aromatic rings. The fraction of sp³-hybridized carbons (Fsp3) is 0.905. The van der Waals surface area contributed by atoms with Crippen molar-refractivity contribution >= 4 is 11.8 Å². The number of allylic oxidation sites excluding steroid dienone is 1. The third kappa shape index (κ3) is 8.16. The minimum absolute atomic E-state index is 0.00530. The number of nitrogens with two attached hydrogens (primary N) is 3. The first-order valence-corrected chi connectivity index (χ1v) is 21.9. The molecule has 7 aliphatic rings. The van der Waals surface area contributed by atoms with E-state index in [2.05, 4.69) is 10.6 Å². The monoisotopic (exact) mass is 792 g/mol. The summed E-state index contributed by atoms with van der Waals surface area (Å²) in [5.41, 5.74) is 12.5. The molecule has 2 saturated carbocycles. The Bertz CT molecular complexity index is 1400. The van der Waals surface area contributed by atoms with Crippen molar-refractivity contribution in [2.75, 3.05) is 32.9 Å². The predicted octanol–water partition coefficient (Wildman–Crippen LogP) is -0.329. The molecule has 5 heterocycles. The van der Waals surface area contributed by atoms with Crippen LogP contribution in [0.5, 0.6) is 0 Å². The molecule has 14 heteroatoms. The molecule has 0 aromatic carbocycles. The van der Waals surface area contributed by atoms with Crippen LogP contribution >= 0.6 is 0 Å². The van der Waals surface area contributed by atoms with Crippen LogP contribution in [0.2, 0.25) is 0 Å². The number of esters is 1. The van der Waals surface area contributed by atoms with Gasteiger partial charge < -0.3 is 56.1 Å². The van der Waals surface area contributed by atoms with Crippen LogP contribution in [-0.2, 0) is 23.8 Å². The van der Waals surface area contributed by atoms with Gasteiger partial charge >= 0.3 is 5.97 Å². The first-order chi connectivity index (χ1) is 26.9. The van der Waals surface area contributed by atoms with Crippen molar-refractivity contribution in [2.24, 2.45) is 70.6 Å². The maximum atomic E-state index is 14.2. The molecule has 12 N–H and O–H groups in total. The topological polar surface area (TPSA) is 244 Å². The summed E-state index contributed by atoms with van der Waals surface area (Å²) in [6, 6.07) is 0. The molecule has 7 rings (SSSR count). The standard InChI is InChI=1S/C42H70N4O10/c1-3-22(18-47)41(53)55-32-16-29-37(52)35-31(51)15-26(19-48)54-39(35)36-34(30(20-49)23-5-4-6-25(50)14-23)27-11-12-45-40(44)28(27)9-8-24(42(32,2)56-38(29)36)13-21-7-10-33(43)46-17-21/h3,21,23-30,32-40,45-50,52H,4-20,43-44H2,1-2H3/p+1. The average Bonchev–Trinajstić information content (AvgIpc) is 3.17. The Morgan fingerprint density at radius 1 is 1.04 bits per heavy atom. The number of ether oxygens (including phenoxy) is 3. The highest BCUT2D eigenvalue weighted by molar-refractivity contribution is 5.88. The van der Waals surface area contributed by atoms with Gasteiger partial charge in [-0.25, -0.2) is 4.79 Å². The Hall–Kier alpha value is -1.56. The molecule has 2 aliphatic carbocycles. The van der Waals surface area contributed by atoms with Crippen LogP contribution in [0.3, 0.4) is 0 Å². The number of Topliss-reactive ketones (excluding diaryl/α,β-unsaturated/α-hetero) is 1. The molecule has 14 nitrogen and oxygen atoms in total. The maximum Gasteiger partial charge on any atom is 0.336 e. The number of rotatable bonds is 9. The SMILES string of the molecule is CC=C(CO)C(=O)OC1CC2C(O)C3C(=O)CC(CO)OC3C3C2OC1(C)C(CC1CCC(N)[NH2+]C1)CCC1C(N)NCCC1C3C(CO)C1CCCC(O)C1. The van der Waals surface area contributed by atoms with Crippen molar-refractivity contribution in [1.82, 2.24) is 5.32 Å². The molecule has 19 unspecified atom stereocenters. The minimum Gasteiger partial charge on any atom is -0.456 e. The predicted molar refractivity (Wildman–Crippen MR) is 205 cm³/mol. The van der Waals surface area contributed by atoms with Crippen molar-refractivity contribution in [2.45, 2.75) is 145 Å². The van der Waals surface area contributed by atoms with Crippen molar-refractivity contribution in [3.8, 4) is 0 Å². The van der Waals surface area contributed by atoms with E-state index in [9.17, 15) is 35.1 Å². The number of hydrogen-bond donors (Lipinski definition) is 9. The quantitative estimate of drug-likeness (QED) is 0.108. The molecule has 2 bridgehead atoms. The average molecular weight is 792 g/mol. The van der Waals surface area contributed by atoms with E-state index >= 15 is 0 Å². The fourth-order valence-corrected chi connectivity index (χ4v) is 13.0. The first-order valence-electron chi connectivity index (χ1n) is 21.9. The second-order valence-electron chi connectivity index (χ2n) is 18.9. The Morgan fingerprint density at radius 3 is 2.52 bits per heavy atom. The highest BCUT2D eigenvalue weighted by Crippen LogP contribution is 2.59. The molecule has 318 valence electrons. The number of aliphatic hydroxyl groups is 5. The van der Waals surface area contributed by atoms with Crippen LogP contribution in [0.25, 0.3) is 0 Å². The summed E-state index contributed by atoms with van der Waals surface area (Å²) >= 11 is 0. The van der Waals surface area contributed by atoms with E-state index in [-0.39, 0.29) is 85.3 Å². The molecule has 0 spiro atoms. The van der Waals surface area contributed by atoms with E-state index in [4.69, 9.17) is 25.7 Å². The lowest BCUT2D eigenvalue weighted by atomic mass is 9.51. The summed E-state index contributed by atoms with van der Waals surface area (Å²) in [5.74, 6) is -3.00. The van der Waals surface area contributed by atoms with E-state index in [1.165, 1.54) is 0 Å². The Morgan fingerprint density at radius 2 is 1.84 bits per heavy atom. The number of nitrogens with one attached hydrogen (secondary N) is 1. The van der Waals surface area contributed by atoms with Crippen LogP contribution in [-0.4, -0.2) is 125 Å². The number of hydrogen-bond acceptors (Lipinski definition) is 13. The second-order valence-corrected chi connectivity index (χ2v) is 18.9. The molecular weight excluding hydrogens is 720 g/mol. The van der Waals surface area contributed by atoms with Crippen LogP contribution in [0.1, 0.15) is 90.9 Å². The zero-order valence-corrected chi connectivity index (χ0v) is 33.5. The number of carbonyl (C=O) groups is 2. The van der Waals surface area contributed by atoms with Crippen LogP contribution in [0.4, 0.5) is 0 Å². The molecule has 0 amide bonds. The summed E-state index contributed by atoms with van der Waals surface area (Å²) < 4.78 is 20.8. The van der Waals surface area contributed by atoms with E-state index in [0.29, 0.717) is 18.9 Å². The molecule has 19 atom stereocenters. The smallest absolute Gasteiger partial charge is 0.336 e. The van der Waals surface area contributed by atoms with Gasteiger partial charge in [-0.3, -0.25) is 10.5 Å². The largest absolute Gasteiger partial charge is 0.456 e.